The number of amides is 1. The molecular weight excluding hydrogens is 382 g/mol. The number of piperidine rings is 1. The molecule has 0 aliphatic carbocycles. The van der Waals surface area contributed by atoms with Crippen LogP contribution in [0.25, 0.3) is 0 Å². The fourth-order valence-electron chi connectivity index (χ4n) is 3.73. The molecule has 0 bridgehead atoms. The highest BCUT2D eigenvalue weighted by atomic mass is 32.2. The molecule has 2 fully saturated rings. The largest absolute Gasteiger partial charge is 0.455 e. The number of hydrogen-bond acceptors (Lipinski definition) is 6. The van der Waals surface area contributed by atoms with Crippen molar-refractivity contribution in [3.8, 4) is 0 Å². The number of carbonyl (C=O) groups is 1. The lowest BCUT2D eigenvalue weighted by molar-refractivity contribution is -0.181. The number of hydrogen-bond donors (Lipinski definition) is 0. The third-order valence-electron chi connectivity index (χ3n) is 5.26. The number of benzene rings is 1. The van der Waals surface area contributed by atoms with E-state index in [-0.39, 0.29) is 28.1 Å². The fourth-order valence-corrected chi connectivity index (χ4v) is 5.26. The molecule has 0 unspecified atom stereocenters. The zero-order valence-corrected chi connectivity index (χ0v) is 16.5. The third kappa shape index (κ3) is 3.72. The van der Waals surface area contributed by atoms with Gasteiger partial charge in [0.25, 0.3) is 5.91 Å². The van der Waals surface area contributed by atoms with Gasteiger partial charge in [-0.1, -0.05) is 18.2 Å². The SMILES string of the molecule is Cc1ccccc1S(=O)(=O)Cc1ccc(C(=O)N2CCC3(CC2)OCCO3)o1. The van der Waals surface area contributed by atoms with Gasteiger partial charge >= 0.3 is 0 Å². The minimum atomic E-state index is -3.55. The van der Waals surface area contributed by atoms with Gasteiger partial charge in [-0.25, -0.2) is 8.42 Å². The van der Waals surface area contributed by atoms with Crippen molar-refractivity contribution >= 4 is 15.7 Å². The standard InChI is InChI=1S/C20H23NO6S/c1-15-4-2-3-5-18(15)28(23,24)14-16-6-7-17(27-16)19(22)21-10-8-20(9-11-21)25-12-13-26-20/h2-7H,8-14H2,1H3. The zero-order valence-electron chi connectivity index (χ0n) is 15.7. The molecule has 4 rings (SSSR count). The maximum Gasteiger partial charge on any atom is 0.289 e. The number of furan rings is 1. The van der Waals surface area contributed by atoms with E-state index in [1.165, 1.54) is 6.07 Å². The summed E-state index contributed by atoms with van der Waals surface area (Å²) in [4.78, 5) is 14.7. The van der Waals surface area contributed by atoms with Crippen molar-refractivity contribution in [1.29, 1.82) is 0 Å². The summed E-state index contributed by atoms with van der Waals surface area (Å²) in [5.41, 5.74) is 0.684. The van der Waals surface area contributed by atoms with Gasteiger partial charge in [0.15, 0.2) is 21.4 Å². The van der Waals surface area contributed by atoms with Crippen LogP contribution in [0.5, 0.6) is 0 Å². The molecule has 7 nitrogen and oxygen atoms in total. The quantitative estimate of drug-likeness (QED) is 0.777. The van der Waals surface area contributed by atoms with Gasteiger partial charge in [0.05, 0.1) is 18.1 Å². The average Bonchev–Trinajstić information content (AvgIpc) is 3.32. The minimum absolute atomic E-state index is 0.152. The van der Waals surface area contributed by atoms with Gasteiger partial charge in [0.1, 0.15) is 11.5 Å². The lowest BCUT2D eigenvalue weighted by atomic mass is 10.0. The Kier molecular flexibility index (Phi) is 5.03. The molecule has 150 valence electrons. The summed E-state index contributed by atoms with van der Waals surface area (Å²) in [7, 11) is -3.55. The second kappa shape index (κ2) is 7.35. The summed E-state index contributed by atoms with van der Waals surface area (Å²) in [6.07, 6.45) is 1.24. The van der Waals surface area contributed by atoms with E-state index >= 15 is 0 Å². The average molecular weight is 405 g/mol. The van der Waals surface area contributed by atoms with Crippen molar-refractivity contribution in [3.63, 3.8) is 0 Å². The Hall–Kier alpha value is -2.16. The van der Waals surface area contributed by atoms with E-state index < -0.39 is 15.6 Å². The molecule has 1 amide bonds. The number of ether oxygens (including phenoxy) is 2. The topological polar surface area (TPSA) is 86.1 Å². The lowest BCUT2D eigenvalue weighted by Gasteiger charge is -2.37. The first-order chi connectivity index (χ1) is 13.4. The van der Waals surface area contributed by atoms with Crippen molar-refractivity contribution in [2.24, 2.45) is 0 Å². The van der Waals surface area contributed by atoms with E-state index in [9.17, 15) is 13.2 Å². The molecule has 2 saturated heterocycles. The van der Waals surface area contributed by atoms with E-state index in [1.807, 2.05) is 0 Å². The number of nitrogens with zero attached hydrogens (tertiary/aromatic N) is 1. The summed E-state index contributed by atoms with van der Waals surface area (Å²) < 4.78 is 42.3. The first-order valence-corrected chi connectivity index (χ1v) is 11.0. The zero-order chi connectivity index (χ0) is 19.8. The van der Waals surface area contributed by atoms with Crippen LogP contribution in [0, 0.1) is 6.92 Å². The Morgan fingerprint density at radius 3 is 2.43 bits per heavy atom. The number of sulfone groups is 1. The van der Waals surface area contributed by atoms with Crippen molar-refractivity contribution in [3.05, 3.63) is 53.5 Å². The molecule has 0 N–H and O–H groups in total. The van der Waals surface area contributed by atoms with Crippen LogP contribution >= 0.6 is 0 Å². The molecule has 2 aliphatic rings. The van der Waals surface area contributed by atoms with Gasteiger partial charge < -0.3 is 18.8 Å². The molecule has 2 aliphatic heterocycles. The van der Waals surface area contributed by atoms with Gasteiger partial charge in [0, 0.05) is 25.9 Å². The first kappa shape index (κ1) is 19.2. The van der Waals surface area contributed by atoms with Crippen LogP contribution in [0.15, 0.2) is 45.7 Å². The van der Waals surface area contributed by atoms with Crippen molar-refractivity contribution in [2.75, 3.05) is 26.3 Å². The maximum absolute atomic E-state index is 12.7. The monoisotopic (exact) mass is 405 g/mol. The highest BCUT2D eigenvalue weighted by molar-refractivity contribution is 7.90. The fraction of sp³-hybridized carbons (Fsp3) is 0.450. The molecule has 8 heteroatoms. The predicted octanol–water partition coefficient (Wildman–Crippen LogP) is 2.54. The second-order valence-corrected chi connectivity index (χ2v) is 9.15. The Labute approximate surface area is 164 Å². The Morgan fingerprint density at radius 1 is 1.07 bits per heavy atom. The third-order valence-corrected chi connectivity index (χ3v) is 7.05. The Bertz CT molecular complexity index is 964. The number of aryl methyl sites for hydroxylation is 1. The van der Waals surface area contributed by atoms with Crippen molar-refractivity contribution in [2.45, 2.75) is 36.2 Å². The van der Waals surface area contributed by atoms with Gasteiger partial charge in [-0.2, -0.15) is 0 Å². The van der Waals surface area contributed by atoms with E-state index in [0.29, 0.717) is 44.7 Å². The summed E-state index contributed by atoms with van der Waals surface area (Å²) >= 11 is 0. The van der Waals surface area contributed by atoms with Crippen molar-refractivity contribution < 1.29 is 27.1 Å². The molecule has 1 spiro atoms. The molecule has 3 heterocycles. The van der Waals surface area contributed by atoms with Gasteiger partial charge in [-0.05, 0) is 30.7 Å². The van der Waals surface area contributed by atoms with Crippen LogP contribution in [0.4, 0.5) is 0 Å². The van der Waals surface area contributed by atoms with E-state index in [0.717, 1.165) is 0 Å². The van der Waals surface area contributed by atoms with Crippen molar-refractivity contribution in [1.82, 2.24) is 4.90 Å². The van der Waals surface area contributed by atoms with Crippen LogP contribution in [0.1, 0.15) is 34.7 Å². The number of likely N-dealkylation sites (tertiary alicyclic amines) is 1. The van der Waals surface area contributed by atoms with Crippen LogP contribution < -0.4 is 0 Å². The lowest BCUT2D eigenvalue weighted by Crippen LogP contribution is -2.47. The highest BCUT2D eigenvalue weighted by Crippen LogP contribution is 2.32. The summed E-state index contributed by atoms with van der Waals surface area (Å²) in [5, 5.41) is 0. The molecule has 0 saturated carbocycles. The summed E-state index contributed by atoms with van der Waals surface area (Å²) in [6, 6.07) is 9.91. The second-order valence-electron chi connectivity index (χ2n) is 7.19. The van der Waals surface area contributed by atoms with Gasteiger partial charge in [0.2, 0.25) is 0 Å². The molecule has 1 aromatic carbocycles. The van der Waals surface area contributed by atoms with E-state index in [4.69, 9.17) is 13.9 Å². The highest BCUT2D eigenvalue weighted by Gasteiger charge is 2.41. The number of carbonyl (C=O) groups excluding carboxylic acids is 1. The number of rotatable bonds is 4. The van der Waals surface area contributed by atoms with Crippen LogP contribution in [-0.4, -0.2) is 51.3 Å². The molecule has 28 heavy (non-hydrogen) atoms. The first-order valence-electron chi connectivity index (χ1n) is 9.33. The Balaban J connectivity index is 1.43. The van der Waals surface area contributed by atoms with E-state index in [2.05, 4.69) is 0 Å². The Morgan fingerprint density at radius 2 is 1.75 bits per heavy atom. The van der Waals surface area contributed by atoms with Gasteiger partial charge in [-0.3, -0.25) is 4.79 Å². The van der Waals surface area contributed by atoms with E-state index in [1.54, 1.807) is 42.2 Å². The van der Waals surface area contributed by atoms with Crippen LogP contribution in [-0.2, 0) is 25.1 Å². The maximum atomic E-state index is 12.7. The van der Waals surface area contributed by atoms with Gasteiger partial charge in [-0.15, -0.1) is 0 Å². The molecule has 2 aromatic rings. The minimum Gasteiger partial charge on any atom is -0.455 e. The normalized spacial score (nSPS) is 19.2. The van der Waals surface area contributed by atoms with Crippen LogP contribution in [0.2, 0.25) is 0 Å². The summed E-state index contributed by atoms with van der Waals surface area (Å²) in [6.45, 7) is 3.95. The molecule has 1 aromatic heterocycles. The predicted molar refractivity (Wildman–Crippen MR) is 101 cm³/mol. The summed E-state index contributed by atoms with van der Waals surface area (Å²) in [5.74, 6) is -0.669. The molecule has 0 atom stereocenters. The van der Waals surface area contributed by atoms with Crippen LogP contribution in [0.3, 0.4) is 0 Å². The molecule has 0 radical (unpaired) electrons. The molecular formula is C20H23NO6S. The smallest absolute Gasteiger partial charge is 0.289 e.